The van der Waals surface area contributed by atoms with E-state index in [-0.39, 0.29) is 11.7 Å². The average Bonchev–Trinajstić information content (AvgIpc) is 2.27. The third kappa shape index (κ3) is 3.19. The van der Waals surface area contributed by atoms with Gasteiger partial charge in [0.25, 0.3) is 0 Å². The summed E-state index contributed by atoms with van der Waals surface area (Å²) in [7, 11) is 0. The zero-order chi connectivity index (χ0) is 12.2. The van der Waals surface area contributed by atoms with E-state index in [1.165, 1.54) is 0 Å². The molecule has 1 aromatic rings. The van der Waals surface area contributed by atoms with Crippen molar-refractivity contribution in [2.24, 2.45) is 11.1 Å². The highest BCUT2D eigenvalue weighted by atomic mass is 16.1. The van der Waals surface area contributed by atoms with Crippen LogP contribution in [0.15, 0.2) is 30.3 Å². The maximum absolute atomic E-state index is 11.8. The highest BCUT2D eigenvalue weighted by Gasteiger charge is 2.25. The lowest BCUT2D eigenvalue weighted by Crippen LogP contribution is -2.31. The molecule has 0 aliphatic rings. The molecule has 1 amide bonds. The van der Waals surface area contributed by atoms with Gasteiger partial charge in [-0.1, -0.05) is 44.2 Å². The van der Waals surface area contributed by atoms with E-state index in [9.17, 15) is 9.59 Å². The fraction of sp³-hybridized carbons (Fsp3) is 0.385. The van der Waals surface area contributed by atoms with Crippen LogP contribution < -0.4 is 5.73 Å². The number of hydrogen-bond donors (Lipinski definition) is 1. The minimum absolute atomic E-state index is 0.0509. The Morgan fingerprint density at radius 3 is 2.25 bits per heavy atom. The molecule has 1 rings (SSSR count). The molecule has 0 fully saturated rings. The minimum Gasteiger partial charge on any atom is -0.369 e. The molecule has 0 unspecified atom stereocenters. The lowest BCUT2D eigenvalue weighted by atomic mass is 9.85. The van der Waals surface area contributed by atoms with Crippen LogP contribution in [-0.2, 0) is 4.79 Å². The number of carbonyl (C=O) groups excluding carboxylic acids is 2. The predicted octanol–water partition coefficient (Wildman–Crippen LogP) is 2.16. The molecule has 3 nitrogen and oxygen atoms in total. The van der Waals surface area contributed by atoms with Gasteiger partial charge >= 0.3 is 0 Å². The number of carbonyl (C=O) groups is 2. The first-order valence-electron chi connectivity index (χ1n) is 5.31. The van der Waals surface area contributed by atoms with E-state index in [0.29, 0.717) is 18.4 Å². The molecule has 1 aromatic carbocycles. The fourth-order valence-corrected chi connectivity index (χ4v) is 1.32. The Labute approximate surface area is 95.6 Å². The normalized spacial score (nSPS) is 11.1. The number of rotatable bonds is 5. The van der Waals surface area contributed by atoms with E-state index in [4.69, 9.17) is 5.73 Å². The van der Waals surface area contributed by atoms with E-state index in [1.54, 1.807) is 26.0 Å². The van der Waals surface area contributed by atoms with E-state index >= 15 is 0 Å². The molecule has 0 saturated carbocycles. The molecule has 0 atom stereocenters. The third-order valence-corrected chi connectivity index (χ3v) is 2.74. The maximum atomic E-state index is 11.8. The summed E-state index contributed by atoms with van der Waals surface area (Å²) in [6.07, 6.45) is 0.829. The summed E-state index contributed by atoms with van der Waals surface area (Å²) in [5.41, 5.74) is 5.31. The van der Waals surface area contributed by atoms with E-state index in [2.05, 4.69) is 0 Å². The maximum Gasteiger partial charge on any atom is 0.223 e. The van der Waals surface area contributed by atoms with Crippen molar-refractivity contribution >= 4 is 11.7 Å². The molecule has 0 aliphatic heterocycles. The van der Waals surface area contributed by atoms with Gasteiger partial charge in [-0.25, -0.2) is 0 Å². The van der Waals surface area contributed by atoms with Crippen molar-refractivity contribution in [3.05, 3.63) is 35.9 Å². The Kier molecular flexibility index (Phi) is 3.82. The summed E-state index contributed by atoms with van der Waals surface area (Å²) in [5.74, 6) is -0.316. The van der Waals surface area contributed by atoms with Crippen LogP contribution in [-0.4, -0.2) is 11.7 Å². The smallest absolute Gasteiger partial charge is 0.223 e. The van der Waals surface area contributed by atoms with Gasteiger partial charge in [0.15, 0.2) is 5.78 Å². The summed E-state index contributed by atoms with van der Waals surface area (Å²) >= 11 is 0. The molecule has 86 valence electrons. The zero-order valence-electron chi connectivity index (χ0n) is 9.69. The lowest BCUT2D eigenvalue weighted by Gasteiger charge is -2.19. The van der Waals surface area contributed by atoms with Crippen molar-refractivity contribution in [2.75, 3.05) is 0 Å². The molecule has 2 N–H and O–H groups in total. The van der Waals surface area contributed by atoms with Crippen LogP contribution in [0.3, 0.4) is 0 Å². The van der Waals surface area contributed by atoms with Gasteiger partial charge in [-0.15, -0.1) is 0 Å². The van der Waals surface area contributed by atoms with Gasteiger partial charge in [0, 0.05) is 17.4 Å². The van der Waals surface area contributed by atoms with Crippen LogP contribution in [0.25, 0.3) is 0 Å². The van der Waals surface area contributed by atoms with Gasteiger partial charge in [0.2, 0.25) is 5.91 Å². The Morgan fingerprint density at radius 2 is 1.75 bits per heavy atom. The first-order chi connectivity index (χ1) is 7.43. The number of nitrogens with two attached hydrogens (primary N) is 1. The number of amides is 1. The van der Waals surface area contributed by atoms with Crippen molar-refractivity contribution in [3.8, 4) is 0 Å². The topological polar surface area (TPSA) is 60.2 Å². The van der Waals surface area contributed by atoms with Gasteiger partial charge in [-0.05, 0) is 6.42 Å². The largest absolute Gasteiger partial charge is 0.369 e. The second-order valence-electron chi connectivity index (χ2n) is 4.54. The molecule has 0 aliphatic carbocycles. The highest BCUT2D eigenvalue weighted by molar-refractivity contribution is 5.96. The van der Waals surface area contributed by atoms with Gasteiger partial charge < -0.3 is 5.73 Å². The number of benzene rings is 1. The number of primary amides is 1. The van der Waals surface area contributed by atoms with Gasteiger partial charge in [-0.3, -0.25) is 9.59 Å². The first kappa shape index (κ1) is 12.4. The quantitative estimate of drug-likeness (QED) is 0.771. The first-order valence-corrected chi connectivity index (χ1v) is 5.31. The Balaban J connectivity index is 2.58. The molecule has 0 spiro atoms. The van der Waals surface area contributed by atoms with Crippen LogP contribution in [0.4, 0.5) is 0 Å². The number of Topliss-reactive ketones (excluding diaryl/α,β-unsaturated/α-hetero) is 1. The third-order valence-electron chi connectivity index (χ3n) is 2.74. The molecular weight excluding hydrogens is 202 g/mol. The van der Waals surface area contributed by atoms with Crippen LogP contribution in [0.5, 0.6) is 0 Å². The van der Waals surface area contributed by atoms with E-state index in [1.807, 2.05) is 18.2 Å². The Bertz CT molecular complexity index is 382. The molecule has 0 bridgehead atoms. The fourth-order valence-electron chi connectivity index (χ4n) is 1.32. The second-order valence-corrected chi connectivity index (χ2v) is 4.54. The average molecular weight is 219 g/mol. The summed E-state index contributed by atoms with van der Waals surface area (Å²) in [6, 6.07) is 9.07. The minimum atomic E-state index is -0.621. The van der Waals surface area contributed by atoms with Crippen LogP contribution in [0.1, 0.15) is 37.0 Å². The number of ketones is 1. The molecule has 0 radical (unpaired) electrons. The Hall–Kier alpha value is -1.64. The summed E-state index contributed by atoms with van der Waals surface area (Å²) in [4.78, 5) is 22.8. The van der Waals surface area contributed by atoms with Gasteiger partial charge in [0.1, 0.15) is 0 Å². The van der Waals surface area contributed by atoms with Crippen LogP contribution in [0, 0.1) is 5.41 Å². The standard InChI is InChI=1S/C13H17NO2/c1-13(2,12(14)16)9-8-11(15)10-6-4-3-5-7-10/h3-7H,8-9H2,1-2H3,(H2,14,16). The van der Waals surface area contributed by atoms with Gasteiger partial charge in [0.05, 0.1) is 0 Å². The summed E-state index contributed by atoms with van der Waals surface area (Å²) in [5, 5.41) is 0. The molecule has 16 heavy (non-hydrogen) atoms. The van der Waals surface area contributed by atoms with Crippen molar-refractivity contribution in [1.29, 1.82) is 0 Å². The number of hydrogen-bond acceptors (Lipinski definition) is 2. The van der Waals surface area contributed by atoms with Crippen LogP contribution >= 0.6 is 0 Å². The predicted molar refractivity (Wildman–Crippen MR) is 63.0 cm³/mol. The Morgan fingerprint density at radius 1 is 1.19 bits per heavy atom. The second kappa shape index (κ2) is 4.92. The molecule has 3 heteroatoms. The molecular formula is C13H17NO2. The molecule has 0 saturated heterocycles. The molecule has 0 aromatic heterocycles. The monoisotopic (exact) mass is 219 g/mol. The lowest BCUT2D eigenvalue weighted by molar-refractivity contribution is -0.126. The van der Waals surface area contributed by atoms with E-state index < -0.39 is 5.41 Å². The van der Waals surface area contributed by atoms with Crippen molar-refractivity contribution < 1.29 is 9.59 Å². The van der Waals surface area contributed by atoms with Crippen molar-refractivity contribution in [3.63, 3.8) is 0 Å². The van der Waals surface area contributed by atoms with Crippen molar-refractivity contribution in [1.82, 2.24) is 0 Å². The summed E-state index contributed by atoms with van der Waals surface area (Å²) in [6.45, 7) is 3.52. The molecule has 0 heterocycles. The SMILES string of the molecule is CC(C)(CCC(=O)c1ccccc1)C(N)=O. The zero-order valence-corrected chi connectivity index (χ0v) is 9.69. The highest BCUT2D eigenvalue weighted by Crippen LogP contribution is 2.22. The van der Waals surface area contributed by atoms with Crippen molar-refractivity contribution in [2.45, 2.75) is 26.7 Å². The van der Waals surface area contributed by atoms with Crippen LogP contribution in [0.2, 0.25) is 0 Å². The summed E-state index contributed by atoms with van der Waals surface area (Å²) < 4.78 is 0. The van der Waals surface area contributed by atoms with Gasteiger partial charge in [-0.2, -0.15) is 0 Å². The van der Waals surface area contributed by atoms with E-state index in [0.717, 1.165) is 0 Å².